The van der Waals surface area contributed by atoms with Crippen LogP contribution in [0.1, 0.15) is 49.7 Å². The van der Waals surface area contributed by atoms with Gasteiger partial charge in [0.15, 0.2) is 0 Å². The highest BCUT2D eigenvalue weighted by atomic mass is 16.2. The van der Waals surface area contributed by atoms with E-state index in [9.17, 15) is 19.6 Å². The van der Waals surface area contributed by atoms with E-state index in [0.717, 1.165) is 42.5 Å². The molecular weight excluding hydrogens is 440 g/mol. The van der Waals surface area contributed by atoms with Crippen LogP contribution in [-0.2, 0) is 26.2 Å². The molecule has 3 amide bonds. The monoisotopic (exact) mass is 470 g/mol. The van der Waals surface area contributed by atoms with Gasteiger partial charge in [0, 0.05) is 24.7 Å². The molecule has 1 spiro atoms. The van der Waals surface area contributed by atoms with Gasteiger partial charge < -0.3 is 15.5 Å². The Hall–Kier alpha value is -3.66. The van der Waals surface area contributed by atoms with Crippen molar-refractivity contribution in [2.24, 2.45) is 5.92 Å². The highest BCUT2D eigenvalue weighted by molar-refractivity contribution is 6.08. The molecule has 2 heterocycles. The molecule has 2 aliphatic heterocycles. The molecule has 3 aliphatic rings. The summed E-state index contributed by atoms with van der Waals surface area (Å²) in [5, 5.41) is 16.0. The molecule has 1 aliphatic carbocycles. The lowest BCUT2D eigenvalue weighted by Crippen LogP contribution is -2.49. The van der Waals surface area contributed by atoms with Crippen molar-refractivity contribution >= 4 is 23.4 Å². The zero-order chi connectivity index (χ0) is 24.4. The topological polar surface area (TPSA) is 102 Å². The van der Waals surface area contributed by atoms with Crippen molar-refractivity contribution in [1.29, 1.82) is 5.26 Å². The number of nitrogens with zero attached hydrogens (tertiary/aromatic N) is 2. The Morgan fingerprint density at radius 3 is 2.54 bits per heavy atom. The highest BCUT2D eigenvalue weighted by Crippen LogP contribution is 2.46. The quantitative estimate of drug-likeness (QED) is 0.655. The van der Waals surface area contributed by atoms with Gasteiger partial charge in [0.05, 0.1) is 11.5 Å². The normalized spacial score (nSPS) is 24.5. The Morgan fingerprint density at radius 2 is 1.80 bits per heavy atom. The van der Waals surface area contributed by atoms with Crippen molar-refractivity contribution in [3.8, 4) is 6.07 Å². The lowest BCUT2D eigenvalue weighted by Gasteiger charge is -2.29. The number of para-hydroxylation sites is 1. The molecule has 2 aromatic rings. The minimum absolute atomic E-state index is 0.0755. The lowest BCUT2D eigenvalue weighted by atomic mass is 9.80. The van der Waals surface area contributed by atoms with E-state index < -0.39 is 17.4 Å². The van der Waals surface area contributed by atoms with Crippen molar-refractivity contribution in [3.63, 3.8) is 0 Å². The number of carbonyl (C=O) groups is 3. The third kappa shape index (κ3) is 4.29. The zero-order valence-electron chi connectivity index (χ0n) is 19.7. The minimum Gasteiger partial charge on any atom is -0.353 e. The predicted molar refractivity (Wildman–Crippen MR) is 131 cm³/mol. The third-order valence-electron chi connectivity index (χ3n) is 7.76. The van der Waals surface area contributed by atoms with Crippen LogP contribution in [0.2, 0.25) is 0 Å². The van der Waals surface area contributed by atoms with E-state index in [-0.39, 0.29) is 43.1 Å². The summed E-state index contributed by atoms with van der Waals surface area (Å²) in [6, 6.07) is 18.4. The molecule has 1 saturated carbocycles. The molecule has 35 heavy (non-hydrogen) atoms. The first-order valence-electron chi connectivity index (χ1n) is 12.5. The summed E-state index contributed by atoms with van der Waals surface area (Å²) in [7, 11) is 0. The first-order chi connectivity index (χ1) is 17.0. The van der Waals surface area contributed by atoms with Crippen LogP contribution in [0.15, 0.2) is 54.6 Å². The van der Waals surface area contributed by atoms with Crippen molar-refractivity contribution in [3.05, 3.63) is 65.7 Å². The van der Waals surface area contributed by atoms with Crippen LogP contribution < -0.4 is 10.6 Å². The molecule has 2 fully saturated rings. The Bertz CT molecular complexity index is 1170. The molecule has 1 saturated heterocycles. The van der Waals surface area contributed by atoms with Crippen molar-refractivity contribution in [2.75, 3.05) is 11.9 Å². The fourth-order valence-electron chi connectivity index (χ4n) is 5.88. The minimum atomic E-state index is -0.968. The van der Waals surface area contributed by atoms with E-state index in [0.29, 0.717) is 0 Å². The predicted octanol–water partition coefficient (Wildman–Crippen LogP) is 3.31. The smallest absolute Gasteiger partial charge is 0.237 e. The molecule has 0 bridgehead atoms. The standard InChI is InChI=1S/C28H30N4O3/c29-17-21-16-28(23-13-7-8-14-24(23)31-27(28)35)18-32(21)26(34)22(15-19-9-3-1-4-10-19)25(33)30-20-11-5-2-6-12-20/h1,3-4,7-10,13-14,20-22H,2,5-6,11-12,15-16,18H2,(H,30,33)(H,31,35)/t21?,22?,28-/m0/s1. The van der Waals surface area contributed by atoms with Crippen LogP contribution in [0.4, 0.5) is 5.69 Å². The van der Waals surface area contributed by atoms with Crippen LogP contribution >= 0.6 is 0 Å². The maximum absolute atomic E-state index is 13.9. The van der Waals surface area contributed by atoms with Gasteiger partial charge in [-0.3, -0.25) is 14.4 Å². The van der Waals surface area contributed by atoms with E-state index in [1.807, 2.05) is 54.6 Å². The second-order valence-corrected chi connectivity index (χ2v) is 9.98. The molecule has 2 unspecified atom stereocenters. The maximum atomic E-state index is 13.9. The maximum Gasteiger partial charge on any atom is 0.237 e. The number of hydrogen-bond acceptors (Lipinski definition) is 4. The molecule has 2 aromatic carbocycles. The van der Waals surface area contributed by atoms with E-state index in [1.165, 1.54) is 11.3 Å². The number of anilines is 1. The number of amides is 3. The Labute approximate surface area is 205 Å². The fraction of sp³-hybridized carbons (Fsp3) is 0.429. The first-order valence-corrected chi connectivity index (χ1v) is 12.5. The second-order valence-electron chi connectivity index (χ2n) is 9.98. The summed E-state index contributed by atoms with van der Waals surface area (Å²) in [4.78, 5) is 42.0. The highest BCUT2D eigenvalue weighted by Gasteiger charge is 2.56. The Morgan fingerprint density at radius 1 is 1.09 bits per heavy atom. The fourth-order valence-corrected chi connectivity index (χ4v) is 5.88. The Kier molecular flexibility index (Phi) is 6.29. The molecule has 2 N–H and O–H groups in total. The molecule has 3 atom stereocenters. The summed E-state index contributed by atoms with van der Waals surface area (Å²) in [5.74, 6) is -1.83. The molecular formula is C28H30N4O3. The van der Waals surface area contributed by atoms with Gasteiger partial charge in [0.1, 0.15) is 12.0 Å². The SMILES string of the molecule is N#CC1C[C@@]2(CN1C(=O)C(Cc1ccccc1)C(=O)NC1CCCCC1)C(=O)Nc1ccccc12. The van der Waals surface area contributed by atoms with Crippen LogP contribution in [0.3, 0.4) is 0 Å². The molecule has 7 heteroatoms. The van der Waals surface area contributed by atoms with Gasteiger partial charge in [0.25, 0.3) is 0 Å². The molecule has 0 aromatic heterocycles. The van der Waals surface area contributed by atoms with Gasteiger partial charge in [-0.2, -0.15) is 5.26 Å². The average molecular weight is 471 g/mol. The number of fused-ring (bicyclic) bond motifs is 2. The number of benzene rings is 2. The average Bonchev–Trinajstić information content (AvgIpc) is 3.41. The lowest BCUT2D eigenvalue weighted by molar-refractivity contribution is -0.142. The van der Waals surface area contributed by atoms with Gasteiger partial charge in [0.2, 0.25) is 17.7 Å². The third-order valence-corrected chi connectivity index (χ3v) is 7.76. The summed E-state index contributed by atoms with van der Waals surface area (Å²) < 4.78 is 0. The number of rotatable bonds is 5. The number of nitriles is 1. The molecule has 7 nitrogen and oxygen atoms in total. The number of likely N-dealkylation sites (tertiary alicyclic amines) is 1. The van der Waals surface area contributed by atoms with E-state index in [4.69, 9.17) is 0 Å². The number of nitrogens with one attached hydrogen (secondary N) is 2. The molecule has 5 rings (SSSR count). The number of hydrogen-bond donors (Lipinski definition) is 2. The van der Waals surface area contributed by atoms with Gasteiger partial charge in [-0.1, -0.05) is 67.8 Å². The van der Waals surface area contributed by atoms with Crippen LogP contribution in [0.5, 0.6) is 0 Å². The molecule has 180 valence electrons. The van der Waals surface area contributed by atoms with E-state index in [2.05, 4.69) is 16.7 Å². The second kappa shape index (κ2) is 9.53. The summed E-state index contributed by atoms with van der Waals surface area (Å²) in [5.41, 5.74) is 1.45. The first kappa shape index (κ1) is 23.1. The van der Waals surface area contributed by atoms with Gasteiger partial charge in [-0.25, -0.2) is 0 Å². The van der Waals surface area contributed by atoms with Crippen molar-refractivity contribution in [2.45, 2.75) is 62.4 Å². The van der Waals surface area contributed by atoms with E-state index >= 15 is 0 Å². The van der Waals surface area contributed by atoms with Gasteiger partial charge in [-0.05, 0) is 36.5 Å². The van der Waals surface area contributed by atoms with Gasteiger partial charge in [-0.15, -0.1) is 0 Å². The summed E-state index contributed by atoms with van der Waals surface area (Å²) >= 11 is 0. The van der Waals surface area contributed by atoms with E-state index in [1.54, 1.807) is 0 Å². The van der Waals surface area contributed by atoms with Crippen LogP contribution in [-0.4, -0.2) is 41.2 Å². The van der Waals surface area contributed by atoms with Gasteiger partial charge >= 0.3 is 0 Å². The zero-order valence-corrected chi connectivity index (χ0v) is 19.7. The molecule has 0 radical (unpaired) electrons. The van der Waals surface area contributed by atoms with Crippen LogP contribution in [0.25, 0.3) is 0 Å². The summed E-state index contributed by atoms with van der Waals surface area (Å²) in [6.07, 6.45) is 5.63. The Balaban J connectivity index is 1.43. The number of carbonyl (C=O) groups excluding carboxylic acids is 3. The summed E-state index contributed by atoms with van der Waals surface area (Å²) in [6.45, 7) is 0.0922. The van der Waals surface area contributed by atoms with Crippen molar-refractivity contribution < 1.29 is 14.4 Å². The van der Waals surface area contributed by atoms with Crippen LogP contribution in [0, 0.1) is 17.2 Å². The van der Waals surface area contributed by atoms with Crippen molar-refractivity contribution in [1.82, 2.24) is 10.2 Å². The largest absolute Gasteiger partial charge is 0.353 e.